The summed E-state index contributed by atoms with van der Waals surface area (Å²) < 4.78 is 10.7. The Morgan fingerprint density at radius 1 is 1.50 bits per heavy atom. The van der Waals surface area contributed by atoms with Crippen LogP contribution in [0.5, 0.6) is 11.5 Å². The van der Waals surface area contributed by atoms with Crippen molar-refractivity contribution in [2.24, 2.45) is 5.92 Å². The van der Waals surface area contributed by atoms with Crippen LogP contribution >= 0.6 is 11.6 Å². The standard InChI is InChI=1S/C13H15ClO4/c1-3-8-9(4-7(2)13(15)16)10(14)5-11-12(8)18-6-17-11/h5,7H,3-4,6H2,1-2H3,(H,15,16). The maximum Gasteiger partial charge on any atom is 0.306 e. The summed E-state index contributed by atoms with van der Waals surface area (Å²) in [4.78, 5) is 10.9. The number of hydrogen-bond acceptors (Lipinski definition) is 3. The molecule has 18 heavy (non-hydrogen) atoms. The van der Waals surface area contributed by atoms with E-state index in [1.807, 2.05) is 6.92 Å². The Labute approximate surface area is 110 Å². The monoisotopic (exact) mass is 270 g/mol. The van der Waals surface area contributed by atoms with Crippen LogP contribution in [0.1, 0.15) is 25.0 Å². The first-order valence-corrected chi connectivity index (χ1v) is 6.25. The number of aliphatic carboxylic acids is 1. The van der Waals surface area contributed by atoms with Gasteiger partial charge in [-0.3, -0.25) is 4.79 Å². The van der Waals surface area contributed by atoms with Gasteiger partial charge in [-0.05, 0) is 18.4 Å². The van der Waals surface area contributed by atoms with Crippen LogP contribution in [-0.4, -0.2) is 17.9 Å². The fourth-order valence-corrected chi connectivity index (χ4v) is 2.39. The molecule has 0 amide bonds. The molecule has 1 aromatic carbocycles. The molecule has 1 atom stereocenters. The van der Waals surface area contributed by atoms with Crippen molar-refractivity contribution in [3.05, 3.63) is 22.2 Å². The van der Waals surface area contributed by atoms with Crippen molar-refractivity contribution in [1.82, 2.24) is 0 Å². The van der Waals surface area contributed by atoms with Crippen molar-refractivity contribution in [3.8, 4) is 11.5 Å². The molecule has 0 radical (unpaired) electrons. The molecule has 1 unspecified atom stereocenters. The first-order chi connectivity index (χ1) is 8.54. The van der Waals surface area contributed by atoms with Crippen molar-refractivity contribution in [1.29, 1.82) is 0 Å². The molecule has 0 spiro atoms. The summed E-state index contributed by atoms with van der Waals surface area (Å²) in [6, 6.07) is 1.70. The molecule has 2 rings (SSSR count). The van der Waals surface area contributed by atoms with Gasteiger partial charge in [0.2, 0.25) is 6.79 Å². The van der Waals surface area contributed by atoms with Crippen LogP contribution in [0, 0.1) is 5.92 Å². The normalized spacial score (nSPS) is 14.6. The molecule has 0 aliphatic carbocycles. The zero-order valence-electron chi connectivity index (χ0n) is 10.3. The van der Waals surface area contributed by atoms with Gasteiger partial charge in [-0.15, -0.1) is 0 Å². The molecule has 98 valence electrons. The highest BCUT2D eigenvalue weighted by Crippen LogP contribution is 2.42. The number of rotatable bonds is 4. The molecule has 1 heterocycles. The second kappa shape index (κ2) is 5.06. The number of benzene rings is 1. The third-order valence-corrected chi connectivity index (χ3v) is 3.45. The number of carbonyl (C=O) groups is 1. The fourth-order valence-electron chi connectivity index (χ4n) is 2.10. The molecule has 0 saturated carbocycles. The molecule has 1 N–H and O–H groups in total. The van der Waals surface area contributed by atoms with Gasteiger partial charge >= 0.3 is 5.97 Å². The zero-order chi connectivity index (χ0) is 13.3. The lowest BCUT2D eigenvalue weighted by Crippen LogP contribution is -2.14. The highest BCUT2D eigenvalue weighted by Gasteiger charge is 2.24. The molecule has 0 aromatic heterocycles. The van der Waals surface area contributed by atoms with Gasteiger partial charge in [0, 0.05) is 16.7 Å². The minimum Gasteiger partial charge on any atom is -0.481 e. The number of fused-ring (bicyclic) bond motifs is 1. The Morgan fingerprint density at radius 2 is 2.22 bits per heavy atom. The van der Waals surface area contributed by atoms with E-state index in [0.29, 0.717) is 22.9 Å². The van der Waals surface area contributed by atoms with Crippen molar-refractivity contribution >= 4 is 17.6 Å². The molecule has 5 heteroatoms. The highest BCUT2D eigenvalue weighted by molar-refractivity contribution is 6.31. The summed E-state index contributed by atoms with van der Waals surface area (Å²) in [5.41, 5.74) is 1.79. The summed E-state index contributed by atoms with van der Waals surface area (Å²) >= 11 is 6.21. The average molecular weight is 271 g/mol. The van der Waals surface area contributed by atoms with Crippen molar-refractivity contribution in [2.45, 2.75) is 26.7 Å². The van der Waals surface area contributed by atoms with E-state index < -0.39 is 11.9 Å². The molecular formula is C13H15ClO4. The minimum absolute atomic E-state index is 0.191. The second-order valence-corrected chi connectivity index (χ2v) is 4.75. The van der Waals surface area contributed by atoms with Gasteiger partial charge in [0.25, 0.3) is 0 Å². The maximum absolute atomic E-state index is 10.9. The predicted octanol–water partition coefficient (Wildman–Crippen LogP) is 2.89. The Hall–Kier alpha value is -1.42. The van der Waals surface area contributed by atoms with Gasteiger partial charge in [-0.2, -0.15) is 0 Å². The molecular weight excluding hydrogens is 256 g/mol. The lowest BCUT2D eigenvalue weighted by Gasteiger charge is -2.15. The first-order valence-electron chi connectivity index (χ1n) is 5.87. The van der Waals surface area contributed by atoms with E-state index in [4.69, 9.17) is 26.2 Å². The third-order valence-electron chi connectivity index (χ3n) is 3.11. The van der Waals surface area contributed by atoms with Crippen molar-refractivity contribution < 1.29 is 19.4 Å². The Bertz CT molecular complexity index is 484. The zero-order valence-corrected chi connectivity index (χ0v) is 11.1. The molecule has 0 bridgehead atoms. The maximum atomic E-state index is 10.9. The second-order valence-electron chi connectivity index (χ2n) is 4.35. The molecule has 1 aliphatic heterocycles. The SMILES string of the molecule is CCc1c(CC(C)C(=O)O)c(Cl)cc2c1OCO2. The minimum atomic E-state index is -0.828. The number of carboxylic acid groups (broad SMARTS) is 1. The smallest absolute Gasteiger partial charge is 0.306 e. The Morgan fingerprint density at radius 3 is 2.83 bits per heavy atom. The van der Waals surface area contributed by atoms with E-state index in [1.54, 1.807) is 13.0 Å². The van der Waals surface area contributed by atoms with Crippen LogP contribution < -0.4 is 9.47 Å². The molecule has 1 aromatic rings. The third kappa shape index (κ3) is 2.25. The average Bonchev–Trinajstić information content (AvgIpc) is 2.77. The lowest BCUT2D eigenvalue weighted by atomic mass is 9.94. The van der Waals surface area contributed by atoms with Gasteiger partial charge in [-0.25, -0.2) is 0 Å². The summed E-state index contributed by atoms with van der Waals surface area (Å²) in [7, 11) is 0. The molecule has 0 saturated heterocycles. The van der Waals surface area contributed by atoms with E-state index in [-0.39, 0.29) is 6.79 Å². The van der Waals surface area contributed by atoms with E-state index in [1.165, 1.54) is 0 Å². The number of ether oxygens (including phenoxy) is 2. The molecule has 4 nitrogen and oxygen atoms in total. The van der Waals surface area contributed by atoms with Crippen molar-refractivity contribution in [2.75, 3.05) is 6.79 Å². The van der Waals surface area contributed by atoms with E-state index in [0.717, 1.165) is 17.5 Å². The van der Waals surface area contributed by atoms with Crippen LogP contribution in [0.2, 0.25) is 5.02 Å². The van der Waals surface area contributed by atoms with Gasteiger partial charge in [0.05, 0.1) is 5.92 Å². The van der Waals surface area contributed by atoms with Crippen LogP contribution in [0.3, 0.4) is 0 Å². The van der Waals surface area contributed by atoms with E-state index in [2.05, 4.69) is 0 Å². The Balaban J connectivity index is 2.43. The van der Waals surface area contributed by atoms with Crippen LogP contribution in [0.25, 0.3) is 0 Å². The predicted molar refractivity (Wildman–Crippen MR) is 67.5 cm³/mol. The quantitative estimate of drug-likeness (QED) is 0.914. The van der Waals surface area contributed by atoms with Gasteiger partial charge < -0.3 is 14.6 Å². The fraction of sp³-hybridized carbons (Fsp3) is 0.462. The molecule has 1 aliphatic rings. The topological polar surface area (TPSA) is 55.8 Å². The number of carboxylic acids is 1. The number of halogens is 1. The first kappa shape index (κ1) is 13.0. The Kier molecular flexibility index (Phi) is 3.66. The lowest BCUT2D eigenvalue weighted by molar-refractivity contribution is -0.141. The van der Waals surface area contributed by atoms with E-state index >= 15 is 0 Å². The van der Waals surface area contributed by atoms with E-state index in [9.17, 15) is 4.79 Å². The van der Waals surface area contributed by atoms with Crippen LogP contribution in [-0.2, 0) is 17.6 Å². The van der Waals surface area contributed by atoms with Crippen LogP contribution in [0.4, 0.5) is 0 Å². The summed E-state index contributed by atoms with van der Waals surface area (Å²) in [6.07, 6.45) is 1.13. The number of hydrogen-bond donors (Lipinski definition) is 1. The van der Waals surface area contributed by atoms with Crippen molar-refractivity contribution in [3.63, 3.8) is 0 Å². The highest BCUT2D eigenvalue weighted by atomic mass is 35.5. The summed E-state index contributed by atoms with van der Waals surface area (Å²) in [5.74, 6) is 0.0389. The molecule has 0 fully saturated rings. The van der Waals surface area contributed by atoms with Crippen LogP contribution in [0.15, 0.2) is 6.07 Å². The largest absolute Gasteiger partial charge is 0.481 e. The van der Waals surface area contributed by atoms with Gasteiger partial charge in [-0.1, -0.05) is 25.4 Å². The summed E-state index contributed by atoms with van der Waals surface area (Å²) in [6.45, 7) is 3.85. The van der Waals surface area contributed by atoms with Gasteiger partial charge in [0.1, 0.15) is 0 Å². The summed E-state index contributed by atoms with van der Waals surface area (Å²) in [5, 5.41) is 9.54. The van der Waals surface area contributed by atoms with Gasteiger partial charge in [0.15, 0.2) is 11.5 Å².